The largest absolute Gasteiger partial charge is 0.497 e. The monoisotopic (exact) mass is 462 g/mol. The van der Waals surface area contributed by atoms with E-state index in [0.717, 1.165) is 45.3 Å². The second kappa shape index (κ2) is 9.11. The fourth-order valence-corrected chi connectivity index (χ4v) is 4.53. The van der Waals surface area contributed by atoms with E-state index in [4.69, 9.17) is 4.74 Å². The molecule has 0 saturated carbocycles. The summed E-state index contributed by atoms with van der Waals surface area (Å²) in [5, 5.41) is 3.95. The number of sulfone groups is 1. The van der Waals surface area contributed by atoms with Crippen LogP contribution in [0.2, 0.25) is 0 Å². The van der Waals surface area contributed by atoms with Gasteiger partial charge in [0.2, 0.25) is 5.91 Å². The minimum atomic E-state index is -3.36. The molecule has 170 valence electrons. The van der Waals surface area contributed by atoms with Crippen LogP contribution in [-0.4, -0.2) is 32.7 Å². The van der Waals surface area contributed by atoms with Gasteiger partial charge in [-0.15, -0.1) is 0 Å². The van der Waals surface area contributed by atoms with Crippen LogP contribution in [0.15, 0.2) is 71.6 Å². The third-order valence-corrected chi connectivity index (χ3v) is 6.82. The summed E-state index contributed by atoms with van der Waals surface area (Å²) in [7, 11) is -1.72. The lowest BCUT2D eigenvalue weighted by molar-refractivity contribution is -0.116. The van der Waals surface area contributed by atoms with Gasteiger partial charge in [-0.25, -0.2) is 8.42 Å². The number of hydrogen-bond donors (Lipinski definition) is 2. The maximum absolute atomic E-state index is 12.8. The zero-order valence-electron chi connectivity index (χ0n) is 18.8. The normalized spacial score (nSPS) is 11.5. The zero-order valence-corrected chi connectivity index (χ0v) is 19.6. The Bertz CT molecular complexity index is 1420. The van der Waals surface area contributed by atoms with Crippen LogP contribution in [-0.2, 0) is 21.1 Å². The molecule has 7 heteroatoms. The van der Waals surface area contributed by atoms with Crippen LogP contribution in [0.1, 0.15) is 17.5 Å². The van der Waals surface area contributed by atoms with Crippen LogP contribution in [0.5, 0.6) is 5.75 Å². The van der Waals surface area contributed by atoms with Crippen LogP contribution in [0, 0.1) is 6.92 Å². The van der Waals surface area contributed by atoms with Gasteiger partial charge in [0, 0.05) is 35.0 Å². The van der Waals surface area contributed by atoms with Crippen molar-refractivity contribution in [2.45, 2.75) is 24.7 Å². The van der Waals surface area contributed by atoms with Crippen LogP contribution in [0.25, 0.3) is 22.2 Å². The Morgan fingerprint density at radius 2 is 1.76 bits per heavy atom. The summed E-state index contributed by atoms with van der Waals surface area (Å²) in [6.07, 6.45) is 1.94. The molecule has 0 aliphatic carbocycles. The summed E-state index contributed by atoms with van der Waals surface area (Å²) in [5.74, 6) is 0.609. The van der Waals surface area contributed by atoms with E-state index in [0.29, 0.717) is 12.1 Å². The van der Waals surface area contributed by atoms with E-state index < -0.39 is 9.84 Å². The summed E-state index contributed by atoms with van der Waals surface area (Å²) in [6, 6.07) is 20.6. The third-order valence-electron chi connectivity index (χ3n) is 5.71. The van der Waals surface area contributed by atoms with Crippen molar-refractivity contribution in [3.63, 3.8) is 0 Å². The molecule has 6 nitrogen and oxygen atoms in total. The second-order valence-electron chi connectivity index (χ2n) is 8.05. The molecule has 0 atom stereocenters. The van der Waals surface area contributed by atoms with Crippen LogP contribution in [0.3, 0.4) is 0 Å². The SMILES string of the molecule is COc1ccc(-c2[nH]c3ccccc3c2CCC(=O)Nc2cc(S(C)(=O)=O)ccc2C)cc1. The highest BCUT2D eigenvalue weighted by Crippen LogP contribution is 2.32. The number of amides is 1. The van der Waals surface area contributed by atoms with Crippen molar-refractivity contribution in [3.8, 4) is 17.0 Å². The van der Waals surface area contributed by atoms with Crippen LogP contribution < -0.4 is 10.1 Å². The number of carbonyl (C=O) groups is 1. The molecule has 2 N–H and O–H groups in total. The molecule has 0 unspecified atom stereocenters. The smallest absolute Gasteiger partial charge is 0.224 e. The van der Waals surface area contributed by atoms with Gasteiger partial charge in [-0.2, -0.15) is 0 Å². The fraction of sp³-hybridized carbons (Fsp3) is 0.192. The van der Waals surface area contributed by atoms with E-state index in [-0.39, 0.29) is 17.2 Å². The Kier molecular flexibility index (Phi) is 6.24. The average molecular weight is 463 g/mol. The van der Waals surface area contributed by atoms with Gasteiger partial charge in [-0.3, -0.25) is 4.79 Å². The number of para-hydroxylation sites is 1. The highest BCUT2D eigenvalue weighted by Gasteiger charge is 2.16. The number of carbonyl (C=O) groups excluding carboxylic acids is 1. The Labute approximate surface area is 193 Å². The molecule has 1 aromatic heterocycles. The Hall–Kier alpha value is -3.58. The number of fused-ring (bicyclic) bond motifs is 1. The van der Waals surface area contributed by atoms with E-state index in [1.165, 1.54) is 6.07 Å². The van der Waals surface area contributed by atoms with Crippen molar-refractivity contribution in [3.05, 3.63) is 77.9 Å². The first-order valence-corrected chi connectivity index (χ1v) is 12.5. The minimum absolute atomic E-state index is 0.172. The first-order valence-electron chi connectivity index (χ1n) is 10.6. The summed E-state index contributed by atoms with van der Waals surface area (Å²) in [4.78, 5) is 16.5. The average Bonchev–Trinajstić information content (AvgIpc) is 3.17. The number of aromatic nitrogens is 1. The molecule has 0 bridgehead atoms. The van der Waals surface area contributed by atoms with Gasteiger partial charge in [-0.05, 0) is 72.5 Å². The number of aromatic amines is 1. The third kappa shape index (κ3) is 4.93. The predicted molar refractivity (Wildman–Crippen MR) is 132 cm³/mol. The van der Waals surface area contributed by atoms with Crippen molar-refractivity contribution in [2.75, 3.05) is 18.7 Å². The van der Waals surface area contributed by atoms with Crippen molar-refractivity contribution in [1.82, 2.24) is 4.98 Å². The van der Waals surface area contributed by atoms with Crippen molar-refractivity contribution < 1.29 is 17.9 Å². The van der Waals surface area contributed by atoms with Gasteiger partial charge in [0.05, 0.1) is 12.0 Å². The van der Waals surface area contributed by atoms with E-state index in [1.54, 1.807) is 19.2 Å². The first-order chi connectivity index (χ1) is 15.8. The predicted octanol–water partition coefficient (Wildman–Crippen LogP) is 5.13. The molecular weight excluding hydrogens is 436 g/mol. The van der Waals surface area contributed by atoms with Gasteiger partial charge in [0.25, 0.3) is 0 Å². The molecule has 1 amide bonds. The summed E-state index contributed by atoms with van der Waals surface area (Å²) in [5.41, 5.74) is 5.38. The maximum Gasteiger partial charge on any atom is 0.224 e. The molecule has 33 heavy (non-hydrogen) atoms. The van der Waals surface area contributed by atoms with Gasteiger partial charge >= 0.3 is 0 Å². The highest BCUT2D eigenvalue weighted by molar-refractivity contribution is 7.90. The molecule has 1 heterocycles. The summed E-state index contributed by atoms with van der Waals surface area (Å²) < 4.78 is 29.0. The van der Waals surface area contributed by atoms with E-state index >= 15 is 0 Å². The van der Waals surface area contributed by atoms with Gasteiger partial charge in [0.15, 0.2) is 9.84 Å². The number of nitrogens with one attached hydrogen (secondary N) is 2. The van der Waals surface area contributed by atoms with Gasteiger partial charge in [-0.1, -0.05) is 24.3 Å². The van der Waals surface area contributed by atoms with Crippen molar-refractivity contribution in [2.24, 2.45) is 0 Å². The number of hydrogen-bond acceptors (Lipinski definition) is 4. The number of aryl methyl sites for hydroxylation is 2. The molecule has 0 aliphatic heterocycles. The molecule has 4 aromatic rings. The number of anilines is 1. The molecule has 3 aromatic carbocycles. The van der Waals surface area contributed by atoms with Crippen LogP contribution >= 0.6 is 0 Å². The Balaban J connectivity index is 1.59. The summed E-state index contributed by atoms with van der Waals surface area (Å²) >= 11 is 0. The molecule has 0 radical (unpaired) electrons. The zero-order chi connectivity index (χ0) is 23.6. The van der Waals surface area contributed by atoms with Crippen molar-refractivity contribution in [1.29, 1.82) is 0 Å². The second-order valence-corrected chi connectivity index (χ2v) is 10.1. The maximum atomic E-state index is 12.8. The molecule has 0 saturated heterocycles. The number of methoxy groups -OCH3 is 1. The van der Waals surface area contributed by atoms with Gasteiger partial charge < -0.3 is 15.0 Å². The molecule has 4 rings (SSSR count). The van der Waals surface area contributed by atoms with E-state index in [9.17, 15) is 13.2 Å². The Morgan fingerprint density at radius 1 is 1.03 bits per heavy atom. The number of H-pyrrole nitrogens is 1. The molecular formula is C26H26N2O4S. The number of rotatable bonds is 7. The standard InChI is InChI=1S/C26H26N2O4S/c1-17-8-13-20(33(3,30)31)16-24(17)27-25(29)15-14-22-21-6-4-5-7-23(21)28-26(22)18-9-11-19(32-2)12-10-18/h4-13,16,28H,14-15H2,1-3H3,(H,27,29). The minimum Gasteiger partial charge on any atom is -0.497 e. The van der Waals surface area contributed by atoms with Crippen LogP contribution in [0.4, 0.5) is 5.69 Å². The van der Waals surface area contributed by atoms with E-state index in [2.05, 4.69) is 10.3 Å². The molecule has 0 fully saturated rings. The van der Waals surface area contributed by atoms with E-state index in [1.807, 2.05) is 55.5 Å². The Morgan fingerprint density at radius 3 is 2.45 bits per heavy atom. The lowest BCUT2D eigenvalue weighted by atomic mass is 10.0. The number of benzene rings is 3. The summed E-state index contributed by atoms with van der Waals surface area (Å²) in [6.45, 7) is 1.84. The topological polar surface area (TPSA) is 88.3 Å². The van der Waals surface area contributed by atoms with Crippen molar-refractivity contribution >= 4 is 32.3 Å². The lowest BCUT2D eigenvalue weighted by Gasteiger charge is -2.11. The van der Waals surface area contributed by atoms with Gasteiger partial charge in [0.1, 0.15) is 5.75 Å². The quantitative estimate of drug-likeness (QED) is 0.399. The number of ether oxygens (including phenoxy) is 1. The molecule has 0 spiro atoms. The fourth-order valence-electron chi connectivity index (χ4n) is 3.88. The first kappa shape index (κ1) is 22.6. The lowest BCUT2D eigenvalue weighted by Crippen LogP contribution is -2.14. The highest BCUT2D eigenvalue weighted by atomic mass is 32.2. The molecule has 0 aliphatic rings.